The number of hydrogen-bond donors (Lipinski definition) is 2. The van der Waals surface area contributed by atoms with Gasteiger partial charge in [-0.1, -0.05) is 59.6 Å². The number of methoxy groups -OCH3 is 3. The summed E-state index contributed by atoms with van der Waals surface area (Å²) in [7, 11) is 4.62. The van der Waals surface area contributed by atoms with Crippen molar-refractivity contribution >= 4 is 52.9 Å². The molecule has 3 saturated heterocycles. The second kappa shape index (κ2) is 23.7. The molecule has 3 aliphatic heterocycles. The minimum Gasteiger partial charge on any atom is -0.493 e. The molecule has 3 fully saturated rings. The quantitative estimate of drug-likeness (QED) is 0.112. The van der Waals surface area contributed by atoms with Crippen LogP contribution in [0.5, 0.6) is 17.2 Å². The van der Waals surface area contributed by atoms with Gasteiger partial charge in [0.05, 0.1) is 43.4 Å². The van der Waals surface area contributed by atoms with Crippen molar-refractivity contribution in [1.82, 2.24) is 19.6 Å². The number of ether oxygens (including phenoxy) is 4. The molecule has 6 rings (SSSR count). The van der Waals surface area contributed by atoms with Gasteiger partial charge < -0.3 is 43.9 Å². The lowest BCUT2D eigenvalue weighted by Gasteiger charge is -2.46. The first kappa shape index (κ1) is 50.6. The Balaban J connectivity index is 0.000000905. The van der Waals surface area contributed by atoms with Crippen LogP contribution in [0.3, 0.4) is 0 Å². The number of aliphatic carboxylic acids is 2. The first-order valence-corrected chi connectivity index (χ1v) is 22.6. The summed E-state index contributed by atoms with van der Waals surface area (Å²) in [6.07, 6.45) is 5.29. The number of benzene rings is 3. The third kappa shape index (κ3) is 12.9. The third-order valence-electron chi connectivity index (χ3n) is 12.6. The van der Waals surface area contributed by atoms with Crippen LogP contribution in [0, 0.1) is 0 Å². The van der Waals surface area contributed by atoms with E-state index in [1.54, 1.807) is 12.1 Å². The fourth-order valence-corrected chi connectivity index (χ4v) is 9.35. The van der Waals surface area contributed by atoms with Crippen LogP contribution in [0.25, 0.3) is 0 Å². The summed E-state index contributed by atoms with van der Waals surface area (Å²) < 4.78 is 21.7. The number of piperazine rings is 1. The van der Waals surface area contributed by atoms with E-state index in [9.17, 15) is 24.0 Å². The SMILES string of the molecule is CCOC(=O)CCCN1CCN(C(=O)C2(c3ccccc3)CCN(CC[C@]3(c4ccc(Cl)c(Cl)c4)CCN(C(=O)c4cc(OC)c(OC)c(OC)c4)C3)CC2)CC1.O=C(O)/C=C/C(=O)O. The van der Waals surface area contributed by atoms with E-state index in [0.717, 1.165) is 82.5 Å². The first-order valence-electron chi connectivity index (χ1n) is 21.8. The van der Waals surface area contributed by atoms with Crippen molar-refractivity contribution in [1.29, 1.82) is 0 Å². The van der Waals surface area contributed by atoms with E-state index in [2.05, 4.69) is 26.8 Å². The molecular weight excluding hydrogens is 879 g/mol. The molecule has 65 heavy (non-hydrogen) atoms. The molecule has 2 amide bonds. The topological polar surface area (TPSA) is 176 Å². The van der Waals surface area contributed by atoms with Gasteiger partial charge in [0.1, 0.15) is 0 Å². The number of likely N-dealkylation sites (tertiary alicyclic amines) is 2. The molecule has 0 spiro atoms. The number of hydrogen-bond acceptors (Lipinski definition) is 11. The number of amides is 2. The number of esters is 1. The van der Waals surface area contributed by atoms with Gasteiger partial charge in [-0.05, 0) is 101 Å². The number of rotatable bonds is 17. The maximum Gasteiger partial charge on any atom is 0.328 e. The number of carbonyl (C=O) groups excluding carboxylic acids is 3. The molecule has 0 radical (unpaired) electrons. The molecule has 2 N–H and O–H groups in total. The maximum absolute atomic E-state index is 14.6. The van der Waals surface area contributed by atoms with Crippen LogP contribution in [-0.2, 0) is 34.7 Å². The molecule has 17 heteroatoms. The standard InChI is InChI=1S/C44H56Cl2N4O7.C4H4O4/c1-5-57-39(51)12-9-19-47-24-26-49(27-25-47)42(53)44(33-10-7-6-8-11-33)17-21-48(22-18-44)20-15-43(34-13-14-35(45)36(46)30-34)16-23-50(31-43)41(52)32-28-37(54-2)40(56-4)38(29-32)55-3;5-3(6)1-2-4(7)8/h6-8,10-11,13-14,28-30H,5,9,12,15-27,31H2,1-4H3;1-2H,(H,5,6)(H,7,8)/b;2-1+/t43-;/m0./s1. The number of carboxylic acids is 2. The Labute approximate surface area is 390 Å². The zero-order valence-corrected chi connectivity index (χ0v) is 39.1. The molecule has 0 aromatic heterocycles. The van der Waals surface area contributed by atoms with Crippen LogP contribution in [0.2, 0.25) is 10.0 Å². The van der Waals surface area contributed by atoms with Crippen LogP contribution >= 0.6 is 23.2 Å². The Morgan fingerprint density at radius 2 is 1.31 bits per heavy atom. The highest BCUT2D eigenvalue weighted by Crippen LogP contribution is 2.44. The molecule has 0 unspecified atom stereocenters. The minimum absolute atomic E-state index is 0.113. The van der Waals surface area contributed by atoms with Gasteiger partial charge in [0.2, 0.25) is 11.7 Å². The minimum atomic E-state index is -1.26. The molecule has 3 aromatic carbocycles. The molecule has 3 heterocycles. The highest BCUT2D eigenvalue weighted by molar-refractivity contribution is 6.42. The molecule has 1 atom stereocenters. The van der Waals surface area contributed by atoms with E-state index in [0.29, 0.717) is 84.2 Å². The summed E-state index contributed by atoms with van der Waals surface area (Å²) in [5.74, 6) is -1.28. The summed E-state index contributed by atoms with van der Waals surface area (Å²) in [5, 5.41) is 16.6. The fourth-order valence-electron chi connectivity index (χ4n) is 9.06. The molecule has 3 aromatic rings. The third-order valence-corrected chi connectivity index (χ3v) is 13.4. The maximum atomic E-state index is 14.6. The highest BCUT2D eigenvalue weighted by atomic mass is 35.5. The number of nitrogens with zero attached hydrogens (tertiary/aromatic N) is 4. The van der Waals surface area contributed by atoms with E-state index in [1.165, 1.54) is 21.3 Å². The van der Waals surface area contributed by atoms with Gasteiger partial charge in [-0.15, -0.1) is 0 Å². The lowest BCUT2D eigenvalue weighted by atomic mass is 9.71. The molecule has 0 saturated carbocycles. The summed E-state index contributed by atoms with van der Waals surface area (Å²) in [5.41, 5.74) is 1.65. The number of piperidine rings is 1. The van der Waals surface area contributed by atoms with Crippen molar-refractivity contribution in [3.63, 3.8) is 0 Å². The lowest BCUT2D eigenvalue weighted by molar-refractivity contribution is -0.143. The van der Waals surface area contributed by atoms with Crippen molar-refractivity contribution in [3.8, 4) is 17.2 Å². The van der Waals surface area contributed by atoms with E-state index in [4.69, 9.17) is 52.4 Å². The van der Waals surface area contributed by atoms with Gasteiger partial charge in [0.25, 0.3) is 5.91 Å². The lowest BCUT2D eigenvalue weighted by Crippen LogP contribution is -2.57. The number of carboxylic acid groups (broad SMARTS) is 2. The van der Waals surface area contributed by atoms with E-state index < -0.39 is 17.4 Å². The van der Waals surface area contributed by atoms with Gasteiger partial charge in [0.15, 0.2) is 11.5 Å². The van der Waals surface area contributed by atoms with Crippen LogP contribution in [-0.4, -0.2) is 153 Å². The van der Waals surface area contributed by atoms with Crippen molar-refractivity contribution in [3.05, 3.63) is 99.6 Å². The number of halogens is 2. The summed E-state index contributed by atoms with van der Waals surface area (Å²) >= 11 is 13.0. The molecule has 352 valence electrons. The van der Waals surface area contributed by atoms with E-state index in [1.807, 2.05) is 48.2 Å². The normalized spacial score (nSPS) is 18.7. The van der Waals surface area contributed by atoms with Crippen LogP contribution in [0.1, 0.15) is 66.9 Å². The Morgan fingerprint density at radius 1 is 0.692 bits per heavy atom. The van der Waals surface area contributed by atoms with Crippen molar-refractivity contribution in [2.24, 2.45) is 0 Å². The molecule has 0 aliphatic carbocycles. The summed E-state index contributed by atoms with van der Waals surface area (Å²) in [6.45, 7) is 9.42. The van der Waals surface area contributed by atoms with Crippen LogP contribution < -0.4 is 14.2 Å². The smallest absolute Gasteiger partial charge is 0.328 e. The van der Waals surface area contributed by atoms with E-state index in [-0.39, 0.29) is 23.2 Å². The first-order chi connectivity index (χ1) is 31.2. The Kier molecular flexibility index (Phi) is 18.5. The molecular formula is C48H60Cl2N4O11. The number of carbonyl (C=O) groups is 5. The highest BCUT2D eigenvalue weighted by Gasteiger charge is 2.47. The van der Waals surface area contributed by atoms with Crippen LogP contribution in [0.4, 0.5) is 0 Å². The van der Waals surface area contributed by atoms with Crippen molar-refractivity contribution < 1.29 is 53.1 Å². The largest absolute Gasteiger partial charge is 0.493 e. The second-order valence-corrected chi connectivity index (χ2v) is 17.2. The van der Waals surface area contributed by atoms with Gasteiger partial charge in [0, 0.05) is 68.8 Å². The molecule has 15 nitrogen and oxygen atoms in total. The van der Waals surface area contributed by atoms with Crippen molar-refractivity contribution in [2.75, 3.05) is 93.4 Å². The zero-order chi connectivity index (χ0) is 47.1. The predicted molar refractivity (Wildman–Crippen MR) is 246 cm³/mol. The second-order valence-electron chi connectivity index (χ2n) is 16.4. The van der Waals surface area contributed by atoms with Crippen LogP contribution in [0.15, 0.2) is 72.8 Å². The zero-order valence-electron chi connectivity index (χ0n) is 37.6. The van der Waals surface area contributed by atoms with Gasteiger partial charge in [-0.3, -0.25) is 19.3 Å². The average molecular weight is 940 g/mol. The Bertz CT molecular complexity index is 2120. The Hall–Kier alpha value is -5.35. The average Bonchev–Trinajstić information content (AvgIpc) is 3.76. The monoisotopic (exact) mass is 938 g/mol. The summed E-state index contributed by atoms with van der Waals surface area (Å²) in [4.78, 5) is 68.4. The summed E-state index contributed by atoms with van der Waals surface area (Å²) in [6, 6.07) is 19.5. The predicted octanol–water partition coefficient (Wildman–Crippen LogP) is 6.43. The van der Waals surface area contributed by atoms with E-state index >= 15 is 0 Å². The molecule has 3 aliphatic rings. The molecule has 0 bridgehead atoms. The van der Waals surface area contributed by atoms with Gasteiger partial charge >= 0.3 is 17.9 Å². The van der Waals surface area contributed by atoms with Gasteiger partial charge in [-0.2, -0.15) is 0 Å². The van der Waals surface area contributed by atoms with Gasteiger partial charge in [-0.25, -0.2) is 9.59 Å². The fraction of sp³-hybridized carbons (Fsp3) is 0.479. The Morgan fingerprint density at radius 3 is 1.86 bits per heavy atom. The van der Waals surface area contributed by atoms with Crippen molar-refractivity contribution in [2.45, 2.75) is 56.3 Å².